The number of hydrogen-bond donors (Lipinski definition) is 1. The number of rotatable bonds is 7. The quantitative estimate of drug-likeness (QED) is 0.484. The molecule has 2 rings (SSSR count). The third kappa shape index (κ3) is 4.82. The molecule has 0 radical (unpaired) electrons. The fourth-order valence-electron chi connectivity index (χ4n) is 1.46. The number of thioether (sulfide) groups is 1. The largest absolute Gasteiger partial charge is 0.494 e. The highest BCUT2D eigenvalue weighted by Gasteiger charge is 2.07. The van der Waals surface area contributed by atoms with Crippen LogP contribution in [0.3, 0.4) is 0 Å². The van der Waals surface area contributed by atoms with Gasteiger partial charge in [-0.2, -0.15) is 0 Å². The molecule has 106 valence electrons. The summed E-state index contributed by atoms with van der Waals surface area (Å²) in [7, 11) is 0. The molecule has 7 heteroatoms. The van der Waals surface area contributed by atoms with Crippen LogP contribution in [0.15, 0.2) is 34.7 Å². The van der Waals surface area contributed by atoms with Gasteiger partial charge >= 0.3 is 0 Å². The lowest BCUT2D eigenvalue weighted by atomic mass is 10.3. The van der Waals surface area contributed by atoms with Gasteiger partial charge in [0.05, 0.1) is 6.61 Å². The first-order valence-electron chi connectivity index (χ1n) is 6.13. The van der Waals surface area contributed by atoms with Crippen molar-refractivity contribution in [3.63, 3.8) is 0 Å². The second-order valence-electron chi connectivity index (χ2n) is 3.89. The van der Waals surface area contributed by atoms with Gasteiger partial charge in [-0.1, -0.05) is 41.3 Å². The number of nitrogens with one attached hydrogen (secondary N) is 1. The van der Waals surface area contributed by atoms with Crippen molar-refractivity contribution >= 4 is 34.1 Å². The number of ether oxygens (including phenoxy) is 1. The predicted molar refractivity (Wildman–Crippen MR) is 81.5 cm³/mol. The fourth-order valence-corrected chi connectivity index (χ4v) is 2.65. The summed E-state index contributed by atoms with van der Waals surface area (Å²) in [5.74, 6) is 0.757. The second-order valence-corrected chi connectivity index (χ2v) is 5.92. The van der Waals surface area contributed by atoms with E-state index in [0.717, 1.165) is 10.1 Å². The molecule has 20 heavy (non-hydrogen) atoms. The number of benzene rings is 1. The number of anilines is 1. The Morgan fingerprint density at radius 1 is 1.35 bits per heavy atom. The van der Waals surface area contributed by atoms with E-state index in [9.17, 15) is 4.79 Å². The zero-order valence-electron chi connectivity index (χ0n) is 11.0. The summed E-state index contributed by atoms with van der Waals surface area (Å²) in [6.45, 7) is 0.517. The number of carbonyl (C=O) groups is 1. The molecule has 0 saturated carbocycles. The maximum Gasteiger partial charge on any atom is 0.226 e. The topological polar surface area (TPSA) is 64.1 Å². The SMILES string of the molecule is CSc1nnc(NC(=O)CCCOc2ccccc2)s1. The Kier molecular flexibility index (Phi) is 5.82. The number of para-hydroxylation sites is 1. The molecule has 1 heterocycles. The van der Waals surface area contributed by atoms with Crippen molar-refractivity contribution in [2.75, 3.05) is 18.2 Å². The van der Waals surface area contributed by atoms with Gasteiger partial charge in [0.15, 0.2) is 4.34 Å². The Bertz CT molecular complexity index is 546. The molecule has 0 aliphatic carbocycles. The third-order valence-electron chi connectivity index (χ3n) is 2.39. The fraction of sp³-hybridized carbons (Fsp3) is 0.308. The predicted octanol–water partition coefficient (Wildman–Crippen LogP) is 3.06. The van der Waals surface area contributed by atoms with E-state index >= 15 is 0 Å². The number of hydrogen-bond acceptors (Lipinski definition) is 6. The lowest BCUT2D eigenvalue weighted by Gasteiger charge is -2.05. The minimum atomic E-state index is -0.0644. The van der Waals surface area contributed by atoms with Gasteiger partial charge in [0.25, 0.3) is 0 Å². The first-order chi connectivity index (χ1) is 9.78. The molecule has 0 bridgehead atoms. The molecule has 0 spiro atoms. The van der Waals surface area contributed by atoms with Crippen molar-refractivity contribution in [1.29, 1.82) is 0 Å². The highest BCUT2D eigenvalue weighted by Crippen LogP contribution is 2.23. The van der Waals surface area contributed by atoms with Crippen LogP contribution in [0.2, 0.25) is 0 Å². The van der Waals surface area contributed by atoms with Crippen LogP contribution in [0.25, 0.3) is 0 Å². The summed E-state index contributed by atoms with van der Waals surface area (Å²) in [5.41, 5.74) is 0. The van der Waals surface area contributed by atoms with Gasteiger partial charge in [0.2, 0.25) is 11.0 Å². The average molecular weight is 309 g/mol. The molecule has 0 atom stereocenters. The summed E-state index contributed by atoms with van der Waals surface area (Å²) in [6.07, 6.45) is 2.99. The Morgan fingerprint density at radius 3 is 2.85 bits per heavy atom. The maximum atomic E-state index is 11.7. The number of amides is 1. The molecule has 1 amide bonds. The normalized spacial score (nSPS) is 10.2. The second kappa shape index (κ2) is 7.86. The molecule has 0 aliphatic heterocycles. The van der Waals surface area contributed by atoms with Crippen molar-refractivity contribution in [3.05, 3.63) is 30.3 Å². The van der Waals surface area contributed by atoms with E-state index in [4.69, 9.17) is 4.74 Å². The Labute approximate surface area is 125 Å². The van der Waals surface area contributed by atoms with Crippen LogP contribution in [-0.2, 0) is 4.79 Å². The summed E-state index contributed by atoms with van der Waals surface area (Å²) in [4.78, 5) is 11.7. The maximum absolute atomic E-state index is 11.7. The summed E-state index contributed by atoms with van der Waals surface area (Å²) >= 11 is 2.88. The van der Waals surface area contributed by atoms with E-state index in [1.165, 1.54) is 23.1 Å². The van der Waals surface area contributed by atoms with Crippen LogP contribution in [0.1, 0.15) is 12.8 Å². The van der Waals surface area contributed by atoms with Gasteiger partial charge in [-0.25, -0.2) is 0 Å². The van der Waals surface area contributed by atoms with Crippen LogP contribution >= 0.6 is 23.1 Å². The van der Waals surface area contributed by atoms with Crippen molar-refractivity contribution in [2.24, 2.45) is 0 Å². The van der Waals surface area contributed by atoms with E-state index in [0.29, 0.717) is 24.6 Å². The summed E-state index contributed by atoms with van der Waals surface area (Å²) in [6, 6.07) is 9.56. The standard InChI is InChI=1S/C13H15N3O2S2/c1-19-13-16-15-12(20-13)14-11(17)8-5-9-18-10-6-3-2-4-7-10/h2-4,6-7H,5,8-9H2,1H3,(H,14,15,17). The van der Waals surface area contributed by atoms with Crippen molar-refractivity contribution < 1.29 is 9.53 Å². The summed E-state index contributed by atoms with van der Waals surface area (Å²) in [5, 5.41) is 11.1. The zero-order valence-corrected chi connectivity index (χ0v) is 12.7. The van der Waals surface area contributed by atoms with E-state index < -0.39 is 0 Å². The van der Waals surface area contributed by atoms with Crippen LogP contribution in [0, 0.1) is 0 Å². The first-order valence-corrected chi connectivity index (χ1v) is 8.17. The molecule has 2 aromatic rings. The number of carbonyl (C=O) groups excluding carboxylic acids is 1. The molecule has 5 nitrogen and oxygen atoms in total. The molecule has 1 N–H and O–H groups in total. The Morgan fingerprint density at radius 2 is 2.15 bits per heavy atom. The molecule has 0 fully saturated rings. The van der Waals surface area contributed by atoms with Crippen molar-refractivity contribution in [3.8, 4) is 5.75 Å². The third-order valence-corrected chi connectivity index (χ3v) is 4.20. The smallest absolute Gasteiger partial charge is 0.226 e. The van der Waals surface area contributed by atoms with Gasteiger partial charge in [-0.3, -0.25) is 4.79 Å². The Hall–Kier alpha value is -1.60. The number of nitrogens with zero attached hydrogens (tertiary/aromatic N) is 2. The molecular weight excluding hydrogens is 294 g/mol. The van der Waals surface area contributed by atoms with E-state index in [1.807, 2.05) is 36.6 Å². The molecule has 1 aromatic carbocycles. The van der Waals surface area contributed by atoms with E-state index in [2.05, 4.69) is 15.5 Å². The average Bonchev–Trinajstić information content (AvgIpc) is 2.92. The van der Waals surface area contributed by atoms with Crippen LogP contribution in [-0.4, -0.2) is 29.0 Å². The number of aromatic nitrogens is 2. The lowest BCUT2D eigenvalue weighted by molar-refractivity contribution is -0.116. The van der Waals surface area contributed by atoms with Crippen LogP contribution in [0.4, 0.5) is 5.13 Å². The lowest BCUT2D eigenvalue weighted by Crippen LogP contribution is -2.12. The van der Waals surface area contributed by atoms with E-state index in [1.54, 1.807) is 0 Å². The Balaban J connectivity index is 1.65. The van der Waals surface area contributed by atoms with Gasteiger partial charge < -0.3 is 10.1 Å². The molecular formula is C13H15N3O2S2. The highest BCUT2D eigenvalue weighted by molar-refractivity contribution is 8.00. The molecule has 0 aliphatic rings. The van der Waals surface area contributed by atoms with E-state index in [-0.39, 0.29) is 5.91 Å². The molecule has 1 aromatic heterocycles. The summed E-state index contributed by atoms with van der Waals surface area (Å²) < 4.78 is 6.36. The van der Waals surface area contributed by atoms with Crippen molar-refractivity contribution in [2.45, 2.75) is 17.2 Å². The molecule has 0 unspecified atom stereocenters. The van der Waals surface area contributed by atoms with Gasteiger partial charge in [-0.15, -0.1) is 10.2 Å². The zero-order chi connectivity index (χ0) is 14.2. The molecule has 0 saturated heterocycles. The van der Waals surface area contributed by atoms with Gasteiger partial charge in [-0.05, 0) is 24.8 Å². The van der Waals surface area contributed by atoms with Gasteiger partial charge in [0.1, 0.15) is 5.75 Å². The minimum Gasteiger partial charge on any atom is -0.494 e. The highest BCUT2D eigenvalue weighted by atomic mass is 32.2. The van der Waals surface area contributed by atoms with Crippen molar-refractivity contribution in [1.82, 2.24) is 10.2 Å². The first kappa shape index (κ1) is 14.8. The minimum absolute atomic E-state index is 0.0644. The van der Waals surface area contributed by atoms with Gasteiger partial charge in [0, 0.05) is 6.42 Å². The van der Waals surface area contributed by atoms with Crippen LogP contribution < -0.4 is 10.1 Å². The van der Waals surface area contributed by atoms with Crippen LogP contribution in [0.5, 0.6) is 5.75 Å². The monoisotopic (exact) mass is 309 g/mol.